The highest BCUT2D eigenvalue weighted by Gasteiger charge is 2.38. The molecule has 0 aliphatic carbocycles. The van der Waals surface area contributed by atoms with E-state index in [0.717, 1.165) is 16.7 Å². The summed E-state index contributed by atoms with van der Waals surface area (Å²) in [6.45, 7) is 6.71. The summed E-state index contributed by atoms with van der Waals surface area (Å²) in [5.74, 6) is 0. The number of halogens is 1. The van der Waals surface area contributed by atoms with Gasteiger partial charge in [-0.15, -0.1) is 0 Å². The van der Waals surface area contributed by atoms with E-state index in [1.165, 1.54) is 0 Å². The van der Waals surface area contributed by atoms with Crippen molar-refractivity contribution in [1.82, 2.24) is 4.98 Å². The van der Waals surface area contributed by atoms with E-state index in [9.17, 15) is 0 Å². The van der Waals surface area contributed by atoms with Crippen LogP contribution in [-0.2, 0) is 10.0 Å². The lowest BCUT2D eigenvalue weighted by molar-refractivity contribution is 0.156. The lowest BCUT2D eigenvalue weighted by Gasteiger charge is -2.38. The standard InChI is InChI=1S/C22H24ClNOSi/c1-21(2,3)26-25-22(17-10-6-4-7-11-17,18-12-8-5-9-13-18)19-14-15-24-20(23)16-19/h4-16H,26H2,1-3H3. The van der Waals surface area contributed by atoms with Gasteiger partial charge >= 0.3 is 0 Å². The molecular weight excluding hydrogens is 358 g/mol. The number of hydrogen-bond acceptors (Lipinski definition) is 2. The fourth-order valence-electron chi connectivity index (χ4n) is 3.04. The first-order valence-corrected chi connectivity index (χ1v) is 10.5. The van der Waals surface area contributed by atoms with Crippen molar-refractivity contribution in [3.63, 3.8) is 0 Å². The molecule has 0 aliphatic rings. The van der Waals surface area contributed by atoms with Crippen LogP contribution in [0.2, 0.25) is 10.2 Å². The van der Waals surface area contributed by atoms with Crippen molar-refractivity contribution in [2.24, 2.45) is 0 Å². The maximum atomic E-state index is 6.86. The summed E-state index contributed by atoms with van der Waals surface area (Å²) in [7, 11) is -0.862. The summed E-state index contributed by atoms with van der Waals surface area (Å²) >= 11 is 6.26. The molecule has 26 heavy (non-hydrogen) atoms. The monoisotopic (exact) mass is 381 g/mol. The Bertz CT molecular complexity index is 807. The lowest BCUT2D eigenvalue weighted by Crippen LogP contribution is -2.36. The van der Waals surface area contributed by atoms with Crippen LogP contribution < -0.4 is 0 Å². The molecule has 0 N–H and O–H groups in total. The number of pyridine rings is 1. The second kappa shape index (κ2) is 7.75. The van der Waals surface area contributed by atoms with E-state index in [4.69, 9.17) is 16.0 Å². The molecule has 134 valence electrons. The molecule has 0 bridgehead atoms. The molecule has 0 atom stereocenters. The average Bonchev–Trinajstić information content (AvgIpc) is 2.63. The van der Waals surface area contributed by atoms with Gasteiger partial charge in [-0.25, -0.2) is 4.98 Å². The van der Waals surface area contributed by atoms with Gasteiger partial charge < -0.3 is 4.43 Å². The van der Waals surface area contributed by atoms with Gasteiger partial charge in [0.1, 0.15) is 10.8 Å². The van der Waals surface area contributed by atoms with Crippen molar-refractivity contribution in [2.45, 2.75) is 31.4 Å². The lowest BCUT2D eigenvalue weighted by atomic mass is 9.81. The molecule has 0 unspecified atom stereocenters. The van der Waals surface area contributed by atoms with E-state index in [1.54, 1.807) is 6.20 Å². The number of benzene rings is 2. The molecule has 3 rings (SSSR count). The summed E-state index contributed by atoms with van der Waals surface area (Å²) in [6, 6.07) is 24.7. The van der Waals surface area contributed by atoms with Gasteiger partial charge in [-0.1, -0.05) is 93.0 Å². The second-order valence-corrected chi connectivity index (χ2v) is 10.7. The molecule has 1 heterocycles. The fourth-order valence-corrected chi connectivity index (χ4v) is 4.37. The molecule has 0 amide bonds. The van der Waals surface area contributed by atoms with Gasteiger partial charge in [0, 0.05) is 6.20 Å². The Morgan fingerprint density at radius 2 is 1.35 bits per heavy atom. The van der Waals surface area contributed by atoms with Crippen LogP contribution in [0.4, 0.5) is 0 Å². The Morgan fingerprint density at radius 1 is 0.808 bits per heavy atom. The molecule has 2 nitrogen and oxygen atoms in total. The number of nitrogens with zero attached hydrogens (tertiary/aromatic N) is 1. The molecular formula is C22H24ClNOSi. The van der Waals surface area contributed by atoms with Gasteiger partial charge in [0.2, 0.25) is 0 Å². The van der Waals surface area contributed by atoms with Gasteiger partial charge in [0.25, 0.3) is 0 Å². The molecule has 2 aromatic carbocycles. The predicted molar refractivity (Wildman–Crippen MR) is 111 cm³/mol. The molecule has 0 aliphatic heterocycles. The Hall–Kier alpha value is -1.94. The quantitative estimate of drug-likeness (QED) is 0.439. The zero-order valence-electron chi connectivity index (χ0n) is 15.4. The van der Waals surface area contributed by atoms with E-state index < -0.39 is 15.4 Å². The molecule has 4 heteroatoms. The number of hydrogen-bond donors (Lipinski definition) is 0. The molecule has 0 saturated heterocycles. The number of aromatic nitrogens is 1. The third-order valence-electron chi connectivity index (χ3n) is 4.22. The van der Waals surface area contributed by atoms with Crippen LogP contribution in [0.3, 0.4) is 0 Å². The first kappa shape index (κ1) is 18.8. The van der Waals surface area contributed by atoms with Gasteiger partial charge in [-0.2, -0.15) is 0 Å². The molecule has 3 aromatic rings. The van der Waals surface area contributed by atoms with Crippen LogP contribution in [0.1, 0.15) is 37.5 Å². The minimum Gasteiger partial charge on any atom is -0.406 e. The molecule has 1 aromatic heterocycles. The van der Waals surface area contributed by atoms with Crippen LogP contribution in [0.15, 0.2) is 79.0 Å². The SMILES string of the molecule is CC(C)(C)[SiH2]OC(c1ccccc1)(c1ccccc1)c1ccnc(Cl)c1. The highest BCUT2D eigenvalue weighted by Crippen LogP contribution is 2.42. The highest BCUT2D eigenvalue weighted by molar-refractivity contribution is 6.32. The van der Waals surface area contributed by atoms with Crippen LogP contribution >= 0.6 is 11.6 Å². The van der Waals surface area contributed by atoms with Crippen LogP contribution in [0, 0.1) is 0 Å². The molecule has 0 fully saturated rings. The third-order valence-corrected chi connectivity index (χ3v) is 5.87. The van der Waals surface area contributed by atoms with E-state index in [2.05, 4.69) is 74.3 Å². The fraction of sp³-hybridized carbons (Fsp3) is 0.227. The van der Waals surface area contributed by atoms with Crippen molar-refractivity contribution in [1.29, 1.82) is 0 Å². The highest BCUT2D eigenvalue weighted by atomic mass is 35.5. The maximum Gasteiger partial charge on any atom is 0.169 e. The maximum absolute atomic E-state index is 6.86. The summed E-state index contributed by atoms with van der Waals surface area (Å²) in [5, 5.41) is 0.630. The van der Waals surface area contributed by atoms with Crippen LogP contribution in [-0.4, -0.2) is 14.7 Å². The van der Waals surface area contributed by atoms with E-state index in [0.29, 0.717) is 5.15 Å². The number of rotatable bonds is 5. The second-order valence-electron chi connectivity index (χ2n) is 7.63. The van der Waals surface area contributed by atoms with Crippen LogP contribution in [0.25, 0.3) is 0 Å². The minimum absolute atomic E-state index is 0.158. The van der Waals surface area contributed by atoms with Crippen molar-refractivity contribution >= 4 is 21.4 Å². The Balaban J connectivity index is 2.27. The first-order valence-electron chi connectivity index (χ1n) is 8.79. The zero-order valence-corrected chi connectivity index (χ0v) is 17.6. The van der Waals surface area contributed by atoms with Gasteiger partial charge in [-0.05, 0) is 33.9 Å². The summed E-state index contributed by atoms with van der Waals surface area (Å²) < 4.78 is 6.86. The van der Waals surface area contributed by atoms with E-state index >= 15 is 0 Å². The Morgan fingerprint density at radius 3 is 1.81 bits per heavy atom. The smallest absolute Gasteiger partial charge is 0.169 e. The Labute approximate surface area is 163 Å². The molecule has 0 saturated carbocycles. The van der Waals surface area contributed by atoms with E-state index in [1.807, 2.05) is 24.3 Å². The van der Waals surface area contributed by atoms with Gasteiger partial charge in [-0.3, -0.25) is 0 Å². The summed E-state index contributed by atoms with van der Waals surface area (Å²) in [4.78, 5) is 4.17. The normalized spacial score (nSPS) is 12.6. The van der Waals surface area contributed by atoms with Gasteiger partial charge in [0.15, 0.2) is 9.76 Å². The molecule has 0 spiro atoms. The van der Waals surface area contributed by atoms with Crippen molar-refractivity contribution in [2.75, 3.05) is 0 Å². The van der Waals surface area contributed by atoms with Crippen molar-refractivity contribution in [3.8, 4) is 0 Å². The average molecular weight is 382 g/mol. The molecule has 0 radical (unpaired) electrons. The summed E-state index contributed by atoms with van der Waals surface area (Å²) in [6.07, 6.45) is 1.75. The minimum atomic E-state index is -0.862. The Kier molecular flexibility index (Phi) is 5.61. The third kappa shape index (κ3) is 4.06. The van der Waals surface area contributed by atoms with Crippen molar-refractivity contribution in [3.05, 3.63) is 101 Å². The first-order chi connectivity index (χ1) is 12.4. The largest absolute Gasteiger partial charge is 0.406 e. The zero-order chi connectivity index (χ0) is 18.6. The van der Waals surface area contributed by atoms with Gasteiger partial charge in [0.05, 0.1) is 0 Å². The van der Waals surface area contributed by atoms with Crippen molar-refractivity contribution < 1.29 is 4.43 Å². The summed E-state index contributed by atoms with van der Waals surface area (Å²) in [5.41, 5.74) is 2.52. The predicted octanol–water partition coefficient (Wildman–Crippen LogP) is 5.35. The van der Waals surface area contributed by atoms with Crippen LogP contribution in [0.5, 0.6) is 0 Å². The topological polar surface area (TPSA) is 22.1 Å². The van der Waals surface area contributed by atoms with E-state index in [-0.39, 0.29) is 5.04 Å².